The summed E-state index contributed by atoms with van der Waals surface area (Å²) >= 11 is 0. The number of benzene rings is 2. The molecule has 2 aromatic rings. The predicted molar refractivity (Wildman–Crippen MR) is 135 cm³/mol. The van der Waals surface area contributed by atoms with Crippen molar-refractivity contribution in [3.05, 3.63) is 47.5 Å². The van der Waals surface area contributed by atoms with Crippen LogP contribution in [0.5, 0.6) is 0 Å². The van der Waals surface area contributed by atoms with Crippen molar-refractivity contribution >= 4 is 25.2 Å². The lowest BCUT2D eigenvalue weighted by Gasteiger charge is -2.32. The van der Waals surface area contributed by atoms with Gasteiger partial charge in [-0.05, 0) is 88.6 Å². The first-order chi connectivity index (χ1) is 15.1. The summed E-state index contributed by atoms with van der Waals surface area (Å²) in [5, 5.41) is 0. The van der Waals surface area contributed by atoms with Gasteiger partial charge in [0, 0.05) is 5.41 Å². The van der Waals surface area contributed by atoms with E-state index in [2.05, 4.69) is 106 Å². The summed E-state index contributed by atoms with van der Waals surface area (Å²) in [6.07, 6.45) is 0. The van der Waals surface area contributed by atoms with Gasteiger partial charge in [0.25, 0.3) is 0 Å². The summed E-state index contributed by atoms with van der Waals surface area (Å²) in [6, 6.07) is 13.3. The van der Waals surface area contributed by atoms with Crippen LogP contribution in [0.2, 0.25) is 0 Å². The predicted octanol–water partition coefficient (Wildman–Crippen LogP) is 4.59. The maximum absolute atomic E-state index is 6.33. The second-order valence-corrected chi connectivity index (χ2v) is 12.4. The van der Waals surface area contributed by atoms with Crippen molar-refractivity contribution in [2.24, 2.45) is 0 Å². The van der Waals surface area contributed by atoms with Gasteiger partial charge in [0.2, 0.25) is 0 Å². The molecule has 0 bridgehead atoms. The van der Waals surface area contributed by atoms with Gasteiger partial charge in [0.15, 0.2) is 0 Å². The molecular formula is C27H36B2O4. The van der Waals surface area contributed by atoms with E-state index in [0.717, 1.165) is 10.9 Å². The third-order valence-corrected chi connectivity index (χ3v) is 8.77. The lowest BCUT2D eigenvalue weighted by molar-refractivity contribution is 0.00578. The number of fused-ring (bicyclic) bond motifs is 3. The van der Waals surface area contributed by atoms with Crippen LogP contribution in [0.25, 0.3) is 11.1 Å². The normalized spacial score (nSPS) is 25.3. The van der Waals surface area contributed by atoms with Gasteiger partial charge < -0.3 is 18.6 Å². The highest BCUT2D eigenvalue weighted by Crippen LogP contribution is 2.48. The minimum absolute atomic E-state index is 0.112. The van der Waals surface area contributed by atoms with Crippen LogP contribution in [0, 0.1) is 0 Å². The van der Waals surface area contributed by atoms with Crippen LogP contribution in [0.15, 0.2) is 36.4 Å². The third-order valence-electron chi connectivity index (χ3n) is 8.77. The number of hydrogen-bond donors (Lipinski definition) is 0. The molecule has 4 nitrogen and oxygen atoms in total. The summed E-state index contributed by atoms with van der Waals surface area (Å²) in [7, 11) is -0.725. The van der Waals surface area contributed by atoms with E-state index in [1.54, 1.807) is 0 Å². The van der Waals surface area contributed by atoms with E-state index in [0.29, 0.717) is 0 Å². The zero-order valence-electron chi connectivity index (χ0n) is 21.8. The van der Waals surface area contributed by atoms with Gasteiger partial charge in [-0.3, -0.25) is 0 Å². The van der Waals surface area contributed by atoms with Gasteiger partial charge in [-0.15, -0.1) is 0 Å². The molecule has 0 aromatic heterocycles. The second kappa shape index (κ2) is 6.75. The van der Waals surface area contributed by atoms with E-state index in [9.17, 15) is 0 Å². The van der Waals surface area contributed by atoms with E-state index in [1.165, 1.54) is 22.3 Å². The fourth-order valence-electron chi connectivity index (χ4n) is 5.04. The average molecular weight is 446 g/mol. The molecule has 6 heteroatoms. The molecule has 2 aromatic carbocycles. The van der Waals surface area contributed by atoms with Crippen LogP contribution in [0.1, 0.15) is 80.4 Å². The van der Waals surface area contributed by atoms with E-state index in [-0.39, 0.29) is 42.1 Å². The van der Waals surface area contributed by atoms with Crippen molar-refractivity contribution in [2.75, 3.05) is 0 Å². The van der Waals surface area contributed by atoms with Crippen molar-refractivity contribution in [2.45, 2.75) is 97.1 Å². The SMILES string of the molecule is CC1(C)c2ccc(B3OC(C)(C)C(C)(C)O3)cc2-c2ccc(B3OC(C)(C)C(C)(C)O3)cc21. The van der Waals surface area contributed by atoms with E-state index >= 15 is 0 Å². The zero-order valence-corrected chi connectivity index (χ0v) is 21.8. The van der Waals surface area contributed by atoms with Crippen LogP contribution in [0.4, 0.5) is 0 Å². The number of rotatable bonds is 2. The van der Waals surface area contributed by atoms with Crippen LogP contribution < -0.4 is 10.9 Å². The molecule has 0 spiro atoms. The topological polar surface area (TPSA) is 36.9 Å². The molecule has 2 fully saturated rings. The Labute approximate surface area is 199 Å². The molecular weight excluding hydrogens is 410 g/mol. The summed E-state index contributed by atoms with van der Waals surface area (Å²) < 4.78 is 25.3. The molecule has 0 atom stereocenters. The van der Waals surface area contributed by atoms with Gasteiger partial charge >= 0.3 is 14.2 Å². The Morgan fingerprint density at radius 2 is 0.909 bits per heavy atom. The van der Waals surface area contributed by atoms with Gasteiger partial charge in [-0.25, -0.2) is 0 Å². The quantitative estimate of drug-likeness (QED) is 0.633. The summed E-state index contributed by atoms with van der Waals surface area (Å²) in [4.78, 5) is 0. The summed E-state index contributed by atoms with van der Waals surface area (Å²) in [5.41, 5.74) is 5.73. The molecule has 0 amide bonds. The fourth-order valence-corrected chi connectivity index (χ4v) is 5.04. The van der Waals surface area contributed by atoms with E-state index in [1.807, 2.05) is 0 Å². The molecule has 1 aliphatic carbocycles. The van der Waals surface area contributed by atoms with Crippen molar-refractivity contribution in [1.29, 1.82) is 0 Å². The van der Waals surface area contributed by atoms with Gasteiger partial charge in [0.05, 0.1) is 22.4 Å². The first kappa shape index (κ1) is 23.2. The van der Waals surface area contributed by atoms with Gasteiger partial charge in [0.1, 0.15) is 0 Å². The Balaban J connectivity index is 1.52. The highest BCUT2D eigenvalue weighted by atomic mass is 16.7. The van der Waals surface area contributed by atoms with E-state index < -0.39 is 0 Å². The molecule has 2 saturated heterocycles. The first-order valence-electron chi connectivity index (χ1n) is 12.1. The van der Waals surface area contributed by atoms with Crippen LogP contribution in [-0.2, 0) is 24.0 Å². The summed E-state index contributed by atoms with van der Waals surface area (Å²) in [6.45, 7) is 21.3. The average Bonchev–Trinajstić information content (AvgIpc) is 3.16. The lowest BCUT2D eigenvalue weighted by Crippen LogP contribution is -2.41. The molecule has 5 rings (SSSR count). The maximum Gasteiger partial charge on any atom is 0.494 e. The molecule has 174 valence electrons. The smallest absolute Gasteiger partial charge is 0.399 e. The van der Waals surface area contributed by atoms with Crippen molar-refractivity contribution < 1.29 is 18.6 Å². The Kier molecular flexibility index (Phi) is 4.74. The van der Waals surface area contributed by atoms with E-state index in [4.69, 9.17) is 18.6 Å². The van der Waals surface area contributed by atoms with Crippen molar-refractivity contribution in [3.63, 3.8) is 0 Å². The molecule has 3 aliphatic rings. The minimum atomic E-state index is -0.364. The van der Waals surface area contributed by atoms with Crippen molar-refractivity contribution in [1.82, 2.24) is 0 Å². The Morgan fingerprint density at radius 3 is 1.39 bits per heavy atom. The van der Waals surface area contributed by atoms with Gasteiger partial charge in [-0.2, -0.15) is 0 Å². The monoisotopic (exact) mass is 446 g/mol. The van der Waals surface area contributed by atoms with Crippen LogP contribution in [-0.4, -0.2) is 36.6 Å². The molecule has 2 aliphatic heterocycles. The van der Waals surface area contributed by atoms with Gasteiger partial charge in [-0.1, -0.05) is 50.2 Å². The molecule has 0 radical (unpaired) electrons. The Bertz CT molecular complexity index is 1100. The highest BCUT2D eigenvalue weighted by molar-refractivity contribution is 6.62. The Morgan fingerprint density at radius 1 is 0.485 bits per heavy atom. The van der Waals surface area contributed by atoms with Crippen LogP contribution in [0.3, 0.4) is 0 Å². The lowest BCUT2D eigenvalue weighted by atomic mass is 9.74. The first-order valence-corrected chi connectivity index (χ1v) is 12.1. The minimum Gasteiger partial charge on any atom is -0.399 e. The summed E-state index contributed by atoms with van der Waals surface area (Å²) in [5.74, 6) is 0. The largest absolute Gasteiger partial charge is 0.494 e. The van der Waals surface area contributed by atoms with Crippen molar-refractivity contribution in [3.8, 4) is 11.1 Å². The molecule has 33 heavy (non-hydrogen) atoms. The molecule has 0 saturated carbocycles. The Hall–Kier alpha value is -1.59. The second-order valence-electron chi connectivity index (χ2n) is 12.4. The third kappa shape index (κ3) is 3.29. The fraction of sp³-hybridized carbons (Fsp3) is 0.556. The van der Waals surface area contributed by atoms with Crippen LogP contribution >= 0.6 is 0 Å². The standard InChI is InChI=1S/C27H36B2O4/c1-23(2)21-14-12-17(28-30-24(3,4)25(5,6)31-28)15-20(21)19-13-11-18(16-22(19)23)29-32-26(7,8)27(9,10)33-29/h11-16H,1-10H3. The molecule has 0 unspecified atom stereocenters. The number of hydrogen-bond acceptors (Lipinski definition) is 4. The zero-order chi connectivity index (χ0) is 24.2. The molecule has 0 N–H and O–H groups in total. The highest BCUT2D eigenvalue weighted by Gasteiger charge is 2.53. The maximum atomic E-state index is 6.33. The molecule has 2 heterocycles.